The van der Waals surface area contributed by atoms with E-state index in [0.29, 0.717) is 6.04 Å². The molecule has 1 atom stereocenters. The van der Waals surface area contributed by atoms with Gasteiger partial charge in [0.05, 0.1) is 5.54 Å². The molecular weight excluding hydrogens is 320 g/mol. The van der Waals surface area contributed by atoms with Gasteiger partial charge >= 0.3 is 0 Å². The van der Waals surface area contributed by atoms with Gasteiger partial charge in [-0.2, -0.15) is 0 Å². The molecule has 1 unspecified atom stereocenters. The van der Waals surface area contributed by atoms with Crippen LogP contribution in [0.25, 0.3) is 0 Å². The molecule has 0 aliphatic heterocycles. The summed E-state index contributed by atoms with van der Waals surface area (Å²) in [5.41, 5.74) is 1.29. The molecule has 1 aromatic heterocycles. The summed E-state index contributed by atoms with van der Waals surface area (Å²) in [6.07, 6.45) is 5.46. The summed E-state index contributed by atoms with van der Waals surface area (Å²) < 4.78 is 1.13. The smallest absolute Gasteiger partial charge is 0.113 e. The molecule has 1 N–H and O–H groups in total. The molecule has 3 rings (SSSR count). The van der Waals surface area contributed by atoms with Crippen LogP contribution < -0.4 is 5.32 Å². The van der Waals surface area contributed by atoms with Gasteiger partial charge in [-0.25, -0.2) is 4.98 Å². The molecule has 1 aliphatic rings. The number of thiazole rings is 1. The van der Waals surface area contributed by atoms with Crippen molar-refractivity contribution in [3.8, 4) is 0 Å². The van der Waals surface area contributed by atoms with E-state index in [1.165, 1.54) is 23.4 Å². The Balaban J connectivity index is 1.84. The Morgan fingerprint density at radius 1 is 1.37 bits per heavy atom. The lowest BCUT2D eigenvalue weighted by Crippen LogP contribution is -2.42. The van der Waals surface area contributed by atoms with Crippen molar-refractivity contribution in [3.63, 3.8) is 0 Å². The monoisotopic (exact) mass is 336 g/mol. The number of nitrogens with one attached hydrogen (secondary N) is 1. The Labute approximate surface area is 126 Å². The maximum Gasteiger partial charge on any atom is 0.113 e. The van der Waals surface area contributed by atoms with Gasteiger partial charge in [0.25, 0.3) is 0 Å². The number of rotatable bonds is 5. The first kappa shape index (κ1) is 13.3. The van der Waals surface area contributed by atoms with Crippen LogP contribution in [0.4, 0.5) is 0 Å². The van der Waals surface area contributed by atoms with Crippen LogP contribution in [-0.4, -0.2) is 11.0 Å². The normalized spacial score (nSPS) is 18.2. The van der Waals surface area contributed by atoms with Gasteiger partial charge in [-0.1, -0.05) is 28.1 Å². The first-order valence-corrected chi connectivity index (χ1v) is 8.25. The minimum absolute atomic E-state index is 0.0524. The van der Waals surface area contributed by atoms with E-state index in [4.69, 9.17) is 0 Å². The van der Waals surface area contributed by atoms with E-state index in [-0.39, 0.29) is 5.54 Å². The van der Waals surface area contributed by atoms with E-state index in [1.54, 1.807) is 11.3 Å². The van der Waals surface area contributed by atoms with Crippen molar-refractivity contribution < 1.29 is 0 Å². The van der Waals surface area contributed by atoms with Gasteiger partial charge in [0.2, 0.25) is 0 Å². The van der Waals surface area contributed by atoms with E-state index in [1.807, 2.05) is 6.20 Å². The summed E-state index contributed by atoms with van der Waals surface area (Å²) >= 11 is 5.23. The highest BCUT2D eigenvalue weighted by molar-refractivity contribution is 9.10. The number of benzene rings is 1. The van der Waals surface area contributed by atoms with Crippen molar-refractivity contribution >= 4 is 27.3 Å². The van der Waals surface area contributed by atoms with E-state index >= 15 is 0 Å². The van der Waals surface area contributed by atoms with Crippen LogP contribution >= 0.6 is 27.3 Å². The number of aromatic nitrogens is 1. The molecule has 0 radical (unpaired) electrons. The van der Waals surface area contributed by atoms with Gasteiger partial charge in [0.15, 0.2) is 0 Å². The van der Waals surface area contributed by atoms with Crippen LogP contribution in [0.1, 0.15) is 30.3 Å². The fourth-order valence-electron chi connectivity index (χ4n) is 2.37. The predicted octanol–water partition coefficient (Wildman–Crippen LogP) is 4.12. The molecule has 0 saturated heterocycles. The minimum Gasteiger partial charge on any atom is -0.303 e. The van der Waals surface area contributed by atoms with E-state index in [0.717, 1.165) is 10.9 Å². The molecule has 100 valence electrons. The molecule has 4 heteroatoms. The van der Waals surface area contributed by atoms with Crippen molar-refractivity contribution in [1.29, 1.82) is 0 Å². The molecule has 1 aliphatic carbocycles. The van der Waals surface area contributed by atoms with Gasteiger partial charge in [-0.15, -0.1) is 11.3 Å². The van der Waals surface area contributed by atoms with Crippen molar-refractivity contribution in [2.75, 3.05) is 0 Å². The Morgan fingerprint density at radius 3 is 2.68 bits per heavy atom. The molecule has 0 amide bonds. The van der Waals surface area contributed by atoms with Gasteiger partial charge in [0, 0.05) is 22.1 Å². The standard InChI is InChI=1S/C15H17BrN2S/c1-15(18-13-6-7-13,14-17-8-9-19-14)10-11-2-4-12(16)5-3-11/h2-5,8-9,13,18H,6-7,10H2,1H3. The third-order valence-electron chi connectivity index (χ3n) is 3.48. The Bertz CT molecular complexity index is 534. The second-order valence-electron chi connectivity index (χ2n) is 5.39. The summed E-state index contributed by atoms with van der Waals surface area (Å²) in [6, 6.07) is 9.25. The van der Waals surface area contributed by atoms with Crippen LogP contribution in [0.15, 0.2) is 40.3 Å². The molecule has 1 heterocycles. The lowest BCUT2D eigenvalue weighted by molar-refractivity contribution is 0.358. The summed E-state index contributed by atoms with van der Waals surface area (Å²) in [7, 11) is 0. The zero-order valence-corrected chi connectivity index (χ0v) is 13.3. The lowest BCUT2D eigenvalue weighted by atomic mass is 9.93. The molecule has 1 saturated carbocycles. The predicted molar refractivity (Wildman–Crippen MR) is 83.5 cm³/mol. The zero-order valence-electron chi connectivity index (χ0n) is 10.9. The average molecular weight is 337 g/mol. The molecule has 0 bridgehead atoms. The summed E-state index contributed by atoms with van der Waals surface area (Å²) in [5, 5.41) is 7.01. The number of halogens is 1. The van der Waals surface area contributed by atoms with Crippen molar-refractivity contribution in [2.24, 2.45) is 0 Å². The maximum atomic E-state index is 4.53. The third-order valence-corrected chi connectivity index (χ3v) is 5.04. The fraction of sp³-hybridized carbons (Fsp3) is 0.400. The second-order valence-corrected chi connectivity index (χ2v) is 7.20. The Hall–Kier alpha value is -0.710. The van der Waals surface area contributed by atoms with Gasteiger partial charge in [0.1, 0.15) is 5.01 Å². The first-order valence-electron chi connectivity index (χ1n) is 6.58. The third kappa shape index (κ3) is 3.25. The zero-order chi connectivity index (χ0) is 13.3. The van der Waals surface area contributed by atoms with Gasteiger partial charge in [-0.3, -0.25) is 0 Å². The van der Waals surface area contributed by atoms with Crippen LogP contribution in [0.3, 0.4) is 0 Å². The van der Waals surface area contributed by atoms with Crippen molar-refractivity contribution in [1.82, 2.24) is 10.3 Å². The molecule has 19 heavy (non-hydrogen) atoms. The average Bonchev–Trinajstić information content (AvgIpc) is 3.02. The SMILES string of the molecule is CC(Cc1ccc(Br)cc1)(NC1CC1)c1nccs1. The molecular formula is C15H17BrN2S. The highest BCUT2D eigenvalue weighted by Gasteiger charge is 2.35. The summed E-state index contributed by atoms with van der Waals surface area (Å²) in [5.74, 6) is 0. The van der Waals surface area contributed by atoms with E-state index in [9.17, 15) is 0 Å². The highest BCUT2D eigenvalue weighted by atomic mass is 79.9. The topological polar surface area (TPSA) is 24.9 Å². The second kappa shape index (κ2) is 5.35. The maximum absolute atomic E-state index is 4.53. The molecule has 1 fully saturated rings. The fourth-order valence-corrected chi connectivity index (χ4v) is 3.40. The van der Waals surface area contributed by atoms with Crippen LogP contribution in [-0.2, 0) is 12.0 Å². The van der Waals surface area contributed by atoms with E-state index < -0.39 is 0 Å². The molecule has 1 aromatic carbocycles. The number of nitrogens with zero attached hydrogens (tertiary/aromatic N) is 1. The van der Waals surface area contributed by atoms with E-state index in [2.05, 4.69) is 62.8 Å². The van der Waals surface area contributed by atoms with Crippen molar-refractivity contribution in [2.45, 2.75) is 37.8 Å². The molecule has 0 spiro atoms. The highest BCUT2D eigenvalue weighted by Crippen LogP contribution is 2.32. The van der Waals surface area contributed by atoms with Gasteiger partial charge in [-0.05, 0) is 43.9 Å². The Morgan fingerprint density at radius 2 is 2.11 bits per heavy atom. The van der Waals surface area contributed by atoms with Crippen LogP contribution in [0.5, 0.6) is 0 Å². The largest absolute Gasteiger partial charge is 0.303 e. The minimum atomic E-state index is -0.0524. The summed E-state index contributed by atoms with van der Waals surface area (Å²) in [6.45, 7) is 2.27. The number of hydrogen-bond acceptors (Lipinski definition) is 3. The molecule has 2 nitrogen and oxygen atoms in total. The van der Waals surface area contributed by atoms with Crippen LogP contribution in [0, 0.1) is 0 Å². The first-order chi connectivity index (χ1) is 9.16. The van der Waals surface area contributed by atoms with Crippen LogP contribution in [0.2, 0.25) is 0 Å². The number of hydrogen-bond donors (Lipinski definition) is 1. The summed E-state index contributed by atoms with van der Waals surface area (Å²) in [4.78, 5) is 4.53. The van der Waals surface area contributed by atoms with Crippen molar-refractivity contribution in [3.05, 3.63) is 50.9 Å². The molecule has 2 aromatic rings. The quantitative estimate of drug-likeness (QED) is 0.888. The van der Waals surface area contributed by atoms with Gasteiger partial charge < -0.3 is 5.32 Å². The lowest BCUT2D eigenvalue weighted by Gasteiger charge is -2.29. The Kier molecular flexibility index (Phi) is 3.74.